The fraction of sp³-hybridized carbons (Fsp3) is 0.368. The second kappa shape index (κ2) is 7.22. The second-order valence-electron chi connectivity index (χ2n) is 6.64. The Morgan fingerprint density at radius 2 is 1.85 bits per heavy atom. The molecule has 0 bridgehead atoms. The zero-order chi connectivity index (χ0) is 19.7. The number of aryl methyl sites for hydroxylation is 3. The van der Waals surface area contributed by atoms with Gasteiger partial charge in [0.15, 0.2) is 11.2 Å². The van der Waals surface area contributed by atoms with Gasteiger partial charge in [0.25, 0.3) is 5.56 Å². The Bertz CT molecular complexity index is 1110. The Kier molecular flexibility index (Phi) is 4.98. The lowest BCUT2D eigenvalue weighted by molar-refractivity contribution is -0.122. The van der Waals surface area contributed by atoms with E-state index in [1.807, 2.05) is 31.2 Å². The third-order valence-electron chi connectivity index (χ3n) is 4.77. The van der Waals surface area contributed by atoms with E-state index in [2.05, 4.69) is 17.2 Å². The summed E-state index contributed by atoms with van der Waals surface area (Å²) in [5, 5.41) is 2.84. The molecule has 8 nitrogen and oxygen atoms in total. The number of benzene rings is 1. The first-order valence-electron chi connectivity index (χ1n) is 8.82. The lowest BCUT2D eigenvalue weighted by atomic mass is 10.1. The zero-order valence-electron chi connectivity index (χ0n) is 15.9. The van der Waals surface area contributed by atoms with Crippen LogP contribution in [0.3, 0.4) is 0 Å². The summed E-state index contributed by atoms with van der Waals surface area (Å²) in [5.74, 6) is -0.400. The van der Waals surface area contributed by atoms with E-state index < -0.39 is 17.2 Å². The number of nitrogens with zero attached hydrogens (tertiary/aromatic N) is 4. The van der Waals surface area contributed by atoms with Crippen molar-refractivity contribution in [1.82, 2.24) is 24.0 Å². The molecule has 142 valence electrons. The first kappa shape index (κ1) is 18.6. The summed E-state index contributed by atoms with van der Waals surface area (Å²) >= 11 is 0. The van der Waals surface area contributed by atoms with Crippen LogP contribution in [0.1, 0.15) is 31.0 Å². The zero-order valence-corrected chi connectivity index (χ0v) is 15.9. The monoisotopic (exact) mass is 369 g/mol. The maximum atomic E-state index is 12.7. The molecular formula is C19H23N5O3. The summed E-state index contributed by atoms with van der Waals surface area (Å²) in [6.45, 7) is 3.60. The van der Waals surface area contributed by atoms with Crippen LogP contribution in [0.25, 0.3) is 11.2 Å². The van der Waals surface area contributed by atoms with Crippen LogP contribution in [-0.2, 0) is 31.9 Å². The summed E-state index contributed by atoms with van der Waals surface area (Å²) in [7, 11) is 3.21. The van der Waals surface area contributed by atoms with Gasteiger partial charge in [0.05, 0.1) is 12.4 Å². The Morgan fingerprint density at radius 1 is 1.19 bits per heavy atom. The largest absolute Gasteiger partial charge is 0.348 e. The highest BCUT2D eigenvalue weighted by atomic mass is 16.2. The number of hydrogen-bond donors (Lipinski definition) is 1. The van der Waals surface area contributed by atoms with E-state index >= 15 is 0 Å². The third-order valence-corrected chi connectivity index (χ3v) is 4.77. The number of fused-ring (bicyclic) bond motifs is 1. The number of carbonyl (C=O) groups is 1. The molecular weight excluding hydrogens is 346 g/mol. The lowest BCUT2D eigenvalue weighted by Gasteiger charge is -2.15. The quantitative estimate of drug-likeness (QED) is 0.723. The molecule has 0 aliphatic rings. The highest BCUT2D eigenvalue weighted by molar-refractivity contribution is 5.77. The molecule has 0 saturated heterocycles. The van der Waals surface area contributed by atoms with Crippen LogP contribution in [0.5, 0.6) is 0 Å². The van der Waals surface area contributed by atoms with Gasteiger partial charge in [0, 0.05) is 14.1 Å². The fourth-order valence-corrected chi connectivity index (χ4v) is 3.09. The highest BCUT2D eigenvalue weighted by Gasteiger charge is 2.18. The molecule has 8 heteroatoms. The molecule has 27 heavy (non-hydrogen) atoms. The fourth-order valence-electron chi connectivity index (χ4n) is 3.09. The van der Waals surface area contributed by atoms with E-state index in [0.29, 0.717) is 5.65 Å². The Morgan fingerprint density at radius 3 is 2.48 bits per heavy atom. The number of imidazole rings is 1. The summed E-state index contributed by atoms with van der Waals surface area (Å²) in [4.78, 5) is 41.7. The van der Waals surface area contributed by atoms with Crippen LogP contribution < -0.4 is 16.6 Å². The van der Waals surface area contributed by atoms with Gasteiger partial charge in [0.2, 0.25) is 5.91 Å². The Hall–Kier alpha value is -3.16. The summed E-state index contributed by atoms with van der Waals surface area (Å²) in [6.07, 6.45) is 2.42. The average molecular weight is 369 g/mol. The minimum atomic E-state index is -0.568. The topological polar surface area (TPSA) is 90.9 Å². The highest BCUT2D eigenvalue weighted by Crippen LogP contribution is 2.13. The predicted octanol–water partition coefficient (Wildman–Crippen LogP) is 0.873. The molecule has 0 spiro atoms. The Balaban J connectivity index is 1.84. The molecule has 0 aliphatic carbocycles. The second-order valence-corrected chi connectivity index (χ2v) is 6.64. The first-order valence-corrected chi connectivity index (χ1v) is 8.82. The van der Waals surface area contributed by atoms with E-state index in [0.717, 1.165) is 16.6 Å². The van der Waals surface area contributed by atoms with E-state index in [1.165, 1.54) is 23.5 Å². The summed E-state index contributed by atoms with van der Waals surface area (Å²) < 4.78 is 3.76. The van der Waals surface area contributed by atoms with E-state index in [1.54, 1.807) is 11.6 Å². The van der Waals surface area contributed by atoms with Crippen LogP contribution in [0.4, 0.5) is 0 Å². The molecule has 1 aromatic carbocycles. The van der Waals surface area contributed by atoms with Crippen LogP contribution in [0.2, 0.25) is 0 Å². The first-order chi connectivity index (χ1) is 12.8. The van der Waals surface area contributed by atoms with Crippen molar-refractivity contribution in [3.8, 4) is 0 Å². The minimum Gasteiger partial charge on any atom is -0.348 e. The van der Waals surface area contributed by atoms with Gasteiger partial charge in [-0.25, -0.2) is 14.3 Å². The van der Waals surface area contributed by atoms with Gasteiger partial charge < -0.3 is 9.88 Å². The van der Waals surface area contributed by atoms with Crippen LogP contribution >= 0.6 is 0 Å². The molecule has 0 aliphatic heterocycles. The number of aromatic nitrogens is 4. The summed E-state index contributed by atoms with van der Waals surface area (Å²) in [6, 6.07) is 7.75. The number of amides is 1. The van der Waals surface area contributed by atoms with E-state index in [9.17, 15) is 14.4 Å². The average Bonchev–Trinajstić information content (AvgIpc) is 3.05. The van der Waals surface area contributed by atoms with Crippen LogP contribution in [-0.4, -0.2) is 24.6 Å². The van der Waals surface area contributed by atoms with Crippen molar-refractivity contribution in [3.05, 3.63) is 62.6 Å². The van der Waals surface area contributed by atoms with Crippen molar-refractivity contribution < 1.29 is 4.79 Å². The van der Waals surface area contributed by atoms with Crippen molar-refractivity contribution in [1.29, 1.82) is 0 Å². The maximum absolute atomic E-state index is 12.7. The molecule has 0 radical (unpaired) electrons. The molecule has 2 aromatic heterocycles. The predicted molar refractivity (Wildman–Crippen MR) is 103 cm³/mol. The molecule has 2 heterocycles. The number of rotatable bonds is 5. The molecule has 1 N–H and O–H groups in total. The van der Waals surface area contributed by atoms with Crippen molar-refractivity contribution in [2.24, 2.45) is 14.1 Å². The summed E-state index contributed by atoms with van der Waals surface area (Å²) in [5.41, 5.74) is 1.67. The number of nitrogens with one attached hydrogen (secondary N) is 1. The lowest BCUT2D eigenvalue weighted by Crippen LogP contribution is -2.43. The van der Waals surface area contributed by atoms with Gasteiger partial charge in [-0.15, -0.1) is 0 Å². The third kappa shape index (κ3) is 3.42. The van der Waals surface area contributed by atoms with Crippen molar-refractivity contribution in [2.75, 3.05) is 0 Å². The van der Waals surface area contributed by atoms with Crippen LogP contribution in [0, 0.1) is 0 Å². The normalized spacial score (nSPS) is 12.3. The van der Waals surface area contributed by atoms with Crippen molar-refractivity contribution in [2.45, 2.75) is 32.9 Å². The van der Waals surface area contributed by atoms with E-state index in [4.69, 9.17) is 0 Å². The molecule has 3 aromatic rings. The van der Waals surface area contributed by atoms with Crippen molar-refractivity contribution in [3.63, 3.8) is 0 Å². The van der Waals surface area contributed by atoms with Gasteiger partial charge >= 0.3 is 5.69 Å². The number of hydrogen-bond acceptors (Lipinski definition) is 4. The molecule has 0 fully saturated rings. The SMILES string of the molecule is CCc1ccc(C(C)NC(=O)Cn2c(=O)c3c(ncn3C)n(C)c2=O)cc1. The van der Waals surface area contributed by atoms with Gasteiger partial charge in [0.1, 0.15) is 6.54 Å². The number of carbonyl (C=O) groups excluding carboxylic acids is 1. The molecule has 1 unspecified atom stereocenters. The van der Waals surface area contributed by atoms with Crippen LogP contribution in [0.15, 0.2) is 40.2 Å². The van der Waals surface area contributed by atoms with Gasteiger partial charge in [-0.2, -0.15) is 0 Å². The molecule has 1 amide bonds. The molecule has 1 atom stereocenters. The maximum Gasteiger partial charge on any atom is 0.332 e. The van der Waals surface area contributed by atoms with E-state index in [-0.39, 0.29) is 18.1 Å². The van der Waals surface area contributed by atoms with Gasteiger partial charge in [-0.3, -0.25) is 14.2 Å². The van der Waals surface area contributed by atoms with Gasteiger partial charge in [-0.1, -0.05) is 31.2 Å². The standard InChI is InChI=1S/C19H23N5O3/c1-5-13-6-8-14(9-7-13)12(2)21-15(25)10-24-18(26)16-17(20-11-22(16)3)23(4)19(24)27/h6-9,11-12H,5,10H2,1-4H3,(H,21,25). The minimum absolute atomic E-state index is 0.233. The smallest absolute Gasteiger partial charge is 0.332 e. The molecule has 0 saturated carbocycles. The Labute approximate surface area is 156 Å². The van der Waals surface area contributed by atoms with Gasteiger partial charge in [-0.05, 0) is 24.5 Å². The van der Waals surface area contributed by atoms with Crippen molar-refractivity contribution >= 4 is 17.1 Å². The molecule has 3 rings (SSSR count).